The average Bonchev–Trinajstić information content (AvgIpc) is 2.40. The topological polar surface area (TPSA) is 32.7 Å². The molecule has 0 bridgehead atoms. The Balaban J connectivity index is 2.82. The predicted molar refractivity (Wildman–Crippen MR) is 79.7 cm³/mol. The normalized spacial score (nSPS) is 13.1. The van der Waals surface area contributed by atoms with Crippen molar-refractivity contribution in [3.8, 4) is 5.75 Å². The Bertz CT molecular complexity index is 388. The summed E-state index contributed by atoms with van der Waals surface area (Å²) in [6.45, 7) is 7.03. The molecular weight excluding hydrogens is 238 g/mol. The second-order valence-electron chi connectivity index (χ2n) is 5.17. The van der Waals surface area contributed by atoms with Gasteiger partial charge in [0, 0.05) is 18.2 Å². The van der Waals surface area contributed by atoms with Gasteiger partial charge in [-0.3, -0.25) is 0 Å². The van der Waals surface area contributed by atoms with Crippen molar-refractivity contribution >= 4 is 0 Å². The fraction of sp³-hybridized carbons (Fsp3) is 0.625. The number of aliphatic hydroxyl groups is 1. The molecule has 0 aliphatic heterocycles. The van der Waals surface area contributed by atoms with E-state index in [1.165, 1.54) is 0 Å². The van der Waals surface area contributed by atoms with Crippen LogP contribution in [0, 0.1) is 6.92 Å². The number of methoxy groups -OCH3 is 1. The molecule has 1 N–H and O–H groups in total. The van der Waals surface area contributed by atoms with Gasteiger partial charge in [0.2, 0.25) is 0 Å². The summed E-state index contributed by atoms with van der Waals surface area (Å²) in [5.74, 6) is 0.760. The molecule has 0 aliphatic rings. The standard InChI is InChI=1S/C16H27NO2/c1-6-13(7-2)17(4)11-15(18)14-10-12(3)8-9-16(14)19-5/h8-10,13,15,18H,6-7,11H2,1-5H3. The number of benzene rings is 1. The van der Waals surface area contributed by atoms with Crippen LogP contribution in [-0.4, -0.2) is 36.8 Å². The van der Waals surface area contributed by atoms with Crippen molar-refractivity contribution in [1.29, 1.82) is 0 Å². The first kappa shape index (κ1) is 16.0. The third-order valence-corrected chi connectivity index (χ3v) is 3.77. The van der Waals surface area contributed by atoms with Crippen LogP contribution in [0.2, 0.25) is 0 Å². The van der Waals surface area contributed by atoms with Crippen molar-refractivity contribution in [2.45, 2.75) is 45.8 Å². The van der Waals surface area contributed by atoms with Gasteiger partial charge in [0.25, 0.3) is 0 Å². The Labute approximate surface area is 117 Å². The lowest BCUT2D eigenvalue weighted by molar-refractivity contribution is 0.0992. The van der Waals surface area contributed by atoms with E-state index in [1.807, 2.05) is 25.1 Å². The minimum absolute atomic E-state index is 0.513. The molecule has 1 aromatic rings. The second-order valence-corrected chi connectivity index (χ2v) is 5.17. The highest BCUT2D eigenvalue weighted by Crippen LogP contribution is 2.27. The van der Waals surface area contributed by atoms with Gasteiger partial charge in [0.15, 0.2) is 0 Å². The number of hydrogen-bond donors (Lipinski definition) is 1. The Kier molecular flexibility index (Phi) is 6.32. The SMILES string of the molecule is CCC(CC)N(C)CC(O)c1cc(C)ccc1OC. The lowest BCUT2D eigenvalue weighted by atomic mass is 10.0. The zero-order valence-corrected chi connectivity index (χ0v) is 12.8. The molecule has 0 saturated carbocycles. The van der Waals surface area contributed by atoms with Gasteiger partial charge in [0.1, 0.15) is 5.75 Å². The molecule has 0 saturated heterocycles. The molecule has 1 atom stereocenters. The highest BCUT2D eigenvalue weighted by Gasteiger charge is 2.18. The Morgan fingerprint density at radius 2 is 1.89 bits per heavy atom. The van der Waals surface area contributed by atoms with Gasteiger partial charge in [-0.1, -0.05) is 25.5 Å². The summed E-state index contributed by atoms with van der Waals surface area (Å²) in [6.07, 6.45) is 1.69. The van der Waals surface area contributed by atoms with Gasteiger partial charge in [-0.05, 0) is 38.9 Å². The van der Waals surface area contributed by atoms with Gasteiger partial charge in [0.05, 0.1) is 13.2 Å². The quantitative estimate of drug-likeness (QED) is 0.822. The second kappa shape index (κ2) is 7.51. The van der Waals surface area contributed by atoms with E-state index in [2.05, 4.69) is 25.8 Å². The van der Waals surface area contributed by atoms with Crippen LogP contribution in [-0.2, 0) is 0 Å². The van der Waals surface area contributed by atoms with Crippen molar-refractivity contribution in [2.24, 2.45) is 0 Å². The molecule has 1 aromatic carbocycles. The molecule has 0 aromatic heterocycles. The van der Waals surface area contributed by atoms with E-state index in [1.54, 1.807) is 7.11 Å². The van der Waals surface area contributed by atoms with Crippen LogP contribution in [0.3, 0.4) is 0 Å². The first-order valence-electron chi connectivity index (χ1n) is 7.06. The van der Waals surface area contributed by atoms with Crippen molar-refractivity contribution in [2.75, 3.05) is 20.7 Å². The molecule has 19 heavy (non-hydrogen) atoms. The number of nitrogens with zero attached hydrogens (tertiary/aromatic N) is 1. The van der Waals surface area contributed by atoms with Crippen LogP contribution in [0.5, 0.6) is 5.75 Å². The number of aliphatic hydroxyl groups excluding tert-OH is 1. The van der Waals surface area contributed by atoms with Gasteiger partial charge in [-0.2, -0.15) is 0 Å². The lowest BCUT2D eigenvalue weighted by Gasteiger charge is -2.28. The molecule has 1 rings (SSSR count). The summed E-state index contributed by atoms with van der Waals surface area (Å²) in [6, 6.07) is 6.44. The van der Waals surface area contributed by atoms with Crippen LogP contribution < -0.4 is 4.74 Å². The van der Waals surface area contributed by atoms with Gasteiger partial charge < -0.3 is 14.7 Å². The van der Waals surface area contributed by atoms with E-state index in [0.717, 1.165) is 29.7 Å². The smallest absolute Gasteiger partial charge is 0.124 e. The predicted octanol–water partition coefficient (Wildman–Crippen LogP) is 3.16. The summed E-state index contributed by atoms with van der Waals surface area (Å²) < 4.78 is 5.34. The van der Waals surface area contributed by atoms with Crippen molar-refractivity contribution in [3.63, 3.8) is 0 Å². The Hall–Kier alpha value is -1.06. The van der Waals surface area contributed by atoms with Gasteiger partial charge in [-0.15, -0.1) is 0 Å². The number of likely N-dealkylation sites (N-methyl/N-ethyl adjacent to an activating group) is 1. The molecule has 0 radical (unpaired) electrons. The van der Waals surface area contributed by atoms with E-state index in [-0.39, 0.29) is 0 Å². The Morgan fingerprint density at radius 1 is 1.26 bits per heavy atom. The van der Waals surface area contributed by atoms with Gasteiger partial charge in [-0.25, -0.2) is 0 Å². The Morgan fingerprint density at radius 3 is 2.42 bits per heavy atom. The van der Waals surface area contributed by atoms with E-state index in [0.29, 0.717) is 12.6 Å². The van der Waals surface area contributed by atoms with E-state index in [9.17, 15) is 5.11 Å². The molecule has 0 amide bonds. The number of hydrogen-bond acceptors (Lipinski definition) is 3. The molecule has 0 spiro atoms. The minimum atomic E-state index is -0.513. The largest absolute Gasteiger partial charge is 0.496 e. The van der Waals surface area contributed by atoms with E-state index < -0.39 is 6.10 Å². The van der Waals surface area contributed by atoms with Crippen molar-refractivity contribution in [3.05, 3.63) is 29.3 Å². The minimum Gasteiger partial charge on any atom is -0.496 e. The molecule has 1 unspecified atom stereocenters. The highest BCUT2D eigenvalue weighted by atomic mass is 16.5. The molecule has 108 valence electrons. The van der Waals surface area contributed by atoms with Crippen LogP contribution in [0.15, 0.2) is 18.2 Å². The number of ether oxygens (including phenoxy) is 1. The maximum Gasteiger partial charge on any atom is 0.124 e. The van der Waals surface area contributed by atoms with E-state index >= 15 is 0 Å². The van der Waals surface area contributed by atoms with Crippen molar-refractivity contribution < 1.29 is 9.84 Å². The average molecular weight is 265 g/mol. The summed E-state index contributed by atoms with van der Waals surface area (Å²) in [5.41, 5.74) is 2.01. The maximum atomic E-state index is 10.4. The van der Waals surface area contributed by atoms with Crippen LogP contribution >= 0.6 is 0 Å². The summed E-state index contributed by atoms with van der Waals surface area (Å²) in [7, 11) is 3.72. The molecular formula is C16H27NO2. The van der Waals surface area contributed by atoms with E-state index in [4.69, 9.17) is 4.74 Å². The first-order chi connectivity index (χ1) is 9.03. The number of rotatable bonds is 7. The molecule has 0 heterocycles. The van der Waals surface area contributed by atoms with Crippen LogP contribution in [0.1, 0.15) is 43.9 Å². The molecule has 3 nitrogen and oxygen atoms in total. The lowest BCUT2D eigenvalue weighted by Crippen LogP contribution is -2.34. The number of aryl methyl sites for hydroxylation is 1. The summed E-state index contributed by atoms with van der Waals surface area (Å²) in [5, 5.41) is 10.4. The molecule has 0 aliphatic carbocycles. The molecule has 0 fully saturated rings. The van der Waals surface area contributed by atoms with Crippen LogP contribution in [0.25, 0.3) is 0 Å². The third kappa shape index (κ3) is 4.22. The molecule has 3 heteroatoms. The fourth-order valence-corrected chi connectivity index (χ4v) is 2.55. The first-order valence-corrected chi connectivity index (χ1v) is 7.06. The maximum absolute atomic E-state index is 10.4. The zero-order valence-electron chi connectivity index (χ0n) is 12.8. The highest BCUT2D eigenvalue weighted by molar-refractivity contribution is 5.38. The summed E-state index contributed by atoms with van der Waals surface area (Å²) >= 11 is 0. The summed E-state index contributed by atoms with van der Waals surface area (Å²) in [4.78, 5) is 2.23. The monoisotopic (exact) mass is 265 g/mol. The fourth-order valence-electron chi connectivity index (χ4n) is 2.55. The van der Waals surface area contributed by atoms with Crippen molar-refractivity contribution in [1.82, 2.24) is 4.90 Å². The zero-order chi connectivity index (χ0) is 14.4. The third-order valence-electron chi connectivity index (χ3n) is 3.77. The van der Waals surface area contributed by atoms with Gasteiger partial charge >= 0.3 is 0 Å². The van der Waals surface area contributed by atoms with Crippen LogP contribution in [0.4, 0.5) is 0 Å².